The van der Waals surface area contributed by atoms with Crippen LogP contribution in [0.2, 0.25) is 0 Å². The van der Waals surface area contributed by atoms with Crippen LogP contribution >= 0.6 is 0 Å². The lowest BCUT2D eigenvalue weighted by atomic mass is 10.0. The number of unbranched alkanes of at least 4 members (excludes halogenated alkanes) is 51. The molecule has 1 unspecified atom stereocenters. The van der Waals surface area contributed by atoms with Gasteiger partial charge in [0.05, 0.1) is 0 Å². The molecule has 0 heterocycles. The molecule has 428 valence electrons. The first-order valence-electron chi connectivity index (χ1n) is 33.0. The van der Waals surface area contributed by atoms with Gasteiger partial charge in [0.1, 0.15) is 13.2 Å². The molecule has 0 aliphatic heterocycles. The number of carbonyl (C=O) groups is 3. The Morgan fingerprint density at radius 1 is 0.222 bits per heavy atom. The Morgan fingerprint density at radius 2 is 0.375 bits per heavy atom. The number of hydrogen-bond donors (Lipinski definition) is 0. The van der Waals surface area contributed by atoms with E-state index in [-0.39, 0.29) is 31.1 Å². The lowest BCUT2D eigenvalue weighted by molar-refractivity contribution is -0.167. The summed E-state index contributed by atoms with van der Waals surface area (Å²) < 4.78 is 16.9. The van der Waals surface area contributed by atoms with Crippen LogP contribution in [0.1, 0.15) is 387 Å². The minimum Gasteiger partial charge on any atom is -0.462 e. The first kappa shape index (κ1) is 70.4. The molecule has 72 heavy (non-hydrogen) atoms. The van der Waals surface area contributed by atoms with Crippen molar-refractivity contribution in [3.8, 4) is 0 Å². The summed E-state index contributed by atoms with van der Waals surface area (Å²) in [6.07, 6.45) is 71.6. The maximum atomic E-state index is 12.8. The standard InChI is InChI=1S/C66H128O6/c1-4-7-10-13-16-19-21-23-25-26-27-28-29-30-31-32-33-34-35-36-37-38-39-40-42-43-45-47-50-53-56-59-65(68)71-62-63(61-70-64(67)58-55-52-49-18-15-12-9-6-3)72-66(69)60-57-54-51-48-46-44-41-24-22-20-17-14-11-8-5-2/h63H,4-62H2,1-3H3. The summed E-state index contributed by atoms with van der Waals surface area (Å²) in [5.74, 6) is -0.836. The summed E-state index contributed by atoms with van der Waals surface area (Å²) in [6.45, 7) is 6.69. The van der Waals surface area contributed by atoms with Crippen LogP contribution in [0.3, 0.4) is 0 Å². The second-order valence-electron chi connectivity index (χ2n) is 22.8. The van der Waals surface area contributed by atoms with Crippen LogP contribution in [0.25, 0.3) is 0 Å². The van der Waals surface area contributed by atoms with Gasteiger partial charge in [0, 0.05) is 19.3 Å². The predicted octanol–water partition coefficient (Wildman–Crippen LogP) is 22.3. The number of hydrogen-bond acceptors (Lipinski definition) is 6. The molecule has 0 fully saturated rings. The highest BCUT2D eigenvalue weighted by Gasteiger charge is 2.19. The fourth-order valence-corrected chi connectivity index (χ4v) is 10.4. The normalized spacial score (nSPS) is 11.9. The van der Waals surface area contributed by atoms with Gasteiger partial charge in [-0.15, -0.1) is 0 Å². The Balaban J connectivity index is 3.96. The molecule has 0 spiro atoms. The zero-order chi connectivity index (χ0) is 52.2. The highest BCUT2D eigenvalue weighted by molar-refractivity contribution is 5.71. The maximum Gasteiger partial charge on any atom is 0.306 e. The van der Waals surface area contributed by atoms with Crippen LogP contribution in [0, 0.1) is 0 Å². The molecule has 0 aliphatic rings. The molecule has 0 aliphatic carbocycles. The molecule has 1 atom stereocenters. The predicted molar refractivity (Wildman–Crippen MR) is 312 cm³/mol. The molecule has 0 saturated heterocycles. The van der Waals surface area contributed by atoms with Crippen molar-refractivity contribution in [2.45, 2.75) is 393 Å². The largest absolute Gasteiger partial charge is 0.462 e. The molecule has 0 aromatic rings. The van der Waals surface area contributed by atoms with Gasteiger partial charge in [-0.25, -0.2) is 0 Å². The van der Waals surface area contributed by atoms with Crippen LogP contribution in [0.15, 0.2) is 0 Å². The van der Waals surface area contributed by atoms with E-state index in [1.807, 2.05) is 0 Å². The lowest BCUT2D eigenvalue weighted by Gasteiger charge is -2.18. The van der Waals surface area contributed by atoms with Gasteiger partial charge in [-0.2, -0.15) is 0 Å². The van der Waals surface area contributed by atoms with Gasteiger partial charge in [-0.3, -0.25) is 14.4 Å². The topological polar surface area (TPSA) is 78.9 Å². The Morgan fingerprint density at radius 3 is 0.556 bits per heavy atom. The van der Waals surface area contributed by atoms with E-state index in [9.17, 15) is 14.4 Å². The van der Waals surface area contributed by atoms with Crippen molar-refractivity contribution in [1.29, 1.82) is 0 Å². The van der Waals surface area contributed by atoms with E-state index in [2.05, 4.69) is 20.8 Å². The van der Waals surface area contributed by atoms with Crippen LogP contribution in [0.5, 0.6) is 0 Å². The second-order valence-corrected chi connectivity index (χ2v) is 22.8. The molecule has 0 aromatic carbocycles. The molecule has 0 radical (unpaired) electrons. The molecular formula is C66H128O6. The summed E-state index contributed by atoms with van der Waals surface area (Å²) in [7, 11) is 0. The first-order chi connectivity index (χ1) is 35.5. The molecule has 0 aromatic heterocycles. The Labute approximate surface area is 450 Å². The van der Waals surface area contributed by atoms with Crippen molar-refractivity contribution in [3.63, 3.8) is 0 Å². The van der Waals surface area contributed by atoms with E-state index in [0.717, 1.165) is 57.8 Å². The zero-order valence-corrected chi connectivity index (χ0v) is 49.2. The first-order valence-corrected chi connectivity index (χ1v) is 33.0. The van der Waals surface area contributed by atoms with Crippen LogP contribution in [-0.4, -0.2) is 37.2 Å². The highest BCUT2D eigenvalue weighted by Crippen LogP contribution is 2.19. The molecule has 0 amide bonds. The van der Waals surface area contributed by atoms with Gasteiger partial charge in [0.2, 0.25) is 0 Å². The highest BCUT2D eigenvalue weighted by atomic mass is 16.6. The maximum absolute atomic E-state index is 12.8. The monoisotopic (exact) mass is 1020 g/mol. The number of carbonyl (C=O) groups excluding carboxylic acids is 3. The van der Waals surface area contributed by atoms with Crippen molar-refractivity contribution < 1.29 is 28.6 Å². The van der Waals surface area contributed by atoms with Crippen LogP contribution in [-0.2, 0) is 28.6 Å². The Bertz CT molecular complexity index is 1080. The third-order valence-electron chi connectivity index (χ3n) is 15.4. The fourth-order valence-electron chi connectivity index (χ4n) is 10.4. The number of ether oxygens (including phenoxy) is 3. The average molecular weight is 1020 g/mol. The van der Waals surface area contributed by atoms with E-state index in [4.69, 9.17) is 14.2 Å². The number of esters is 3. The van der Waals surface area contributed by atoms with E-state index >= 15 is 0 Å². The quantitative estimate of drug-likeness (QED) is 0.0343. The van der Waals surface area contributed by atoms with Crippen LogP contribution in [0.4, 0.5) is 0 Å². The Hall–Kier alpha value is -1.59. The molecule has 0 bridgehead atoms. The third-order valence-corrected chi connectivity index (χ3v) is 15.4. The van der Waals surface area contributed by atoms with Gasteiger partial charge in [-0.05, 0) is 19.3 Å². The van der Waals surface area contributed by atoms with Gasteiger partial charge in [0.25, 0.3) is 0 Å². The molecule has 0 N–H and O–H groups in total. The zero-order valence-electron chi connectivity index (χ0n) is 49.2. The van der Waals surface area contributed by atoms with Gasteiger partial charge in [0.15, 0.2) is 6.10 Å². The van der Waals surface area contributed by atoms with Gasteiger partial charge >= 0.3 is 17.9 Å². The molecule has 0 saturated carbocycles. The summed E-state index contributed by atoms with van der Waals surface area (Å²) >= 11 is 0. The molecular weight excluding hydrogens is 889 g/mol. The summed E-state index contributed by atoms with van der Waals surface area (Å²) in [6, 6.07) is 0. The fraction of sp³-hybridized carbons (Fsp3) is 0.955. The summed E-state index contributed by atoms with van der Waals surface area (Å²) in [5.41, 5.74) is 0. The molecule has 6 nitrogen and oxygen atoms in total. The van der Waals surface area contributed by atoms with E-state index in [0.29, 0.717) is 19.3 Å². The van der Waals surface area contributed by atoms with Crippen molar-refractivity contribution >= 4 is 17.9 Å². The second kappa shape index (κ2) is 62.0. The SMILES string of the molecule is CCCCCCCCCCCCCCCCCCCCCCCCCCCCCCCCCC(=O)OCC(COC(=O)CCCCCCCCCC)OC(=O)CCCCCCCCCCCCCCCCC. The van der Waals surface area contributed by atoms with Gasteiger partial charge < -0.3 is 14.2 Å². The average Bonchev–Trinajstić information content (AvgIpc) is 3.38. The van der Waals surface area contributed by atoms with E-state index in [1.165, 1.54) is 289 Å². The Kier molecular flexibility index (Phi) is 60.6. The van der Waals surface area contributed by atoms with Gasteiger partial charge in [-0.1, -0.05) is 348 Å². The third kappa shape index (κ3) is 59.3. The number of rotatable bonds is 62. The van der Waals surface area contributed by atoms with Crippen molar-refractivity contribution in [3.05, 3.63) is 0 Å². The van der Waals surface area contributed by atoms with Crippen molar-refractivity contribution in [2.24, 2.45) is 0 Å². The lowest BCUT2D eigenvalue weighted by Crippen LogP contribution is -2.30. The van der Waals surface area contributed by atoms with E-state index in [1.54, 1.807) is 0 Å². The molecule has 0 rings (SSSR count). The van der Waals surface area contributed by atoms with E-state index < -0.39 is 6.10 Å². The summed E-state index contributed by atoms with van der Waals surface area (Å²) in [4.78, 5) is 38.1. The van der Waals surface area contributed by atoms with Crippen molar-refractivity contribution in [1.82, 2.24) is 0 Å². The summed E-state index contributed by atoms with van der Waals surface area (Å²) in [5, 5.41) is 0. The van der Waals surface area contributed by atoms with Crippen LogP contribution < -0.4 is 0 Å². The minimum absolute atomic E-state index is 0.0614. The smallest absolute Gasteiger partial charge is 0.306 e. The molecule has 6 heteroatoms. The van der Waals surface area contributed by atoms with Crippen molar-refractivity contribution in [2.75, 3.05) is 13.2 Å². The minimum atomic E-state index is -0.761.